The van der Waals surface area contributed by atoms with Crippen LogP contribution in [0.1, 0.15) is 40.7 Å². The third-order valence-corrected chi connectivity index (χ3v) is 5.58. The molecule has 0 spiro atoms. The van der Waals surface area contributed by atoms with Gasteiger partial charge in [-0.1, -0.05) is 40.2 Å². The molecule has 30 heavy (non-hydrogen) atoms. The number of rotatable bonds is 8. The predicted octanol–water partition coefficient (Wildman–Crippen LogP) is 3.05. The molecular weight excluding hydrogens is 446 g/mol. The number of benzene rings is 2. The van der Waals surface area contributed by atoms with Gasteiger partial charge < -0.3 is 15.5 Å². The molecule has 2 aromatic carbocycles. The van der Waals surface area contributed by atoms with Gasteiger partial charge >= 0.3 is 0 Å². The van der Waals surface area contributed by atoms with Gasteiger partial charge in [-0.05, 0) is 54.7 Å². The van der Waals surface area contributed by atoms with E-state index < -0.39 is 0 Å². The number of nitrogens with one attached hydrogen (secondary N) is 2. The molecule has 1 aliphatic rings. The lowest BCUT2D eigenvalue weighted by molar-refractivity contribution is -0.123. The minimum atomic E-state index is -0.147. The molecule has 0 radical (unpaired) electrons. The summed E-state index contributed by atoms with van der Waals surface area (Å²) in [6.45, 7) is 1.53. The van der Waals surface area contributed by atoms with Crippen LogP contribution in [0.3, 0.4) is 0 Å². The number of hydrogen-bond acceptors (Lipinski definition) is 3. The molecule has 2 aromatic rings. The minimum absolute atomic E-state index is 0.0327. The van der Waals surface area contributed by atoms with Gasteiger partial charge in [-0.15, -0.1) is 0 Å². The molecule has 2 N–H and O–H groups in total. The molecule has 3 amide bonds. The molecular formula is C23H26BrN3O3. The van der Waals surface area contributed by atoms with Crippen LogP contribution in [-0.4, -0.2) is 42.3 Å². The summed E-state index contributed by atoms with van der Waals surface area (Å²) < 4.78 is 1.07. The number of carbonyl (C=O) groups excluding carboxylic acids is 3. The van der Waals surface area contributed by atoms with Crippen LogP contribution in [0.25, 0.3) is 0 Å². The van der Waals surface area contributed by atoms with E-state index in [9.17, 15) is 14.4 Å². The Bertz CT molecular complexity index is 882. The molecule has 1 heterocycles. The molecule has 0 aliphatic carbocycles. The SMILES string of the molecule is O=C(CCCCc1ccc(Br)cc1)NCc1ccc(C(=O)N2CCNC(=O)C2)cc1. The van der Waals surface area contributed by atoms with Gasteiger partial charge in [0.1, 0.15) is 0 Å². The minimum Gasteiger partial charge on any atom is -0.353 e. The standard InChI is InChI=1S/C23H26BrN3O3/c24-20-11-7-17(8-12-20)3-1-2-4-21(28)26-15-18-5-9-19(10-6-18)23(30)27-14-13-25-22(29)16-27/h5-12H,1-4,13-16H2,(H,25,29)(H,26,28). The quantitative estimate of drug-likeness (QED) is 0.580. The average molecular weight is 472 g/mol. The van der Waals surface area contributed by atoms with Gasteiger partial charge in [0, 0.05) is 36.1 Å². The number of piperazine rings is 1. The number of nitrogens with zero attached hydrogens (tertiary/aromatic N) is 1. The second-order valence-electron chi connectivity index (χ2n) is 7.38. The fraction of sp³-hybridized carbons (Fsp3) is 0.348. The molecule has 0 atom stereocenters. The summed E-state index contributed by atoms with van der Waals surface area (Å²) >= 11 is 3.43. The summed E-state index contributed by atoms with van der Waals surface area (Å²) in [7, 11) is 0. The van der Waals surface area contributed by atoms with Crippen LogP contribution in [0.2, 0.25) is 0 Å². The molecule has 0 aromatic heterocycles. The molecule has 0 bridgehead atoms. The van der Waals surface area contributed by atoms with Gasteiger partial charge in [0.25, 0.3) is 5.91 Å². The van der Waals surface area contributed by atoms with Crippen LogP contribution in [-0.2, 0) is 22.6 Å². The third kappa shape index (κ3) is 6.69. The molecule has 158 valence electrons. The lowest BCUT2D eigenvalue weighted by Crippen LogP contribution is -2.49. The average Bonchev–Trinajstić information content (AvgIpc) is 2.76. The van der Waals surface area contributed by atoms with Crippen molar-refractivity contribution in [3.05, 3.63) is 69.7 Å². The first-order valence-corrected chi connectivity index (χ1v) is 11.0. The summed E-state index contributed by atoms with van der Waals surface area (Å²) in [5.74, 6) is -0.248. The van der Waals surface area contributed by atoms with E-state index in [1.54, 1.807) is 17.0 Å². The first-order valence-electron chi connectivity index (χ1n) is 10.2. The van der Waals surface area contributed by atoms with E-state index in [0.717, 1.165) is 29.3 Å². The van der Waals surface area contributed by atoms with Gasteiger partial charge in [-0.2, -0.15) is 0 Å². The first kappa shape index (κ1) is 22.0. The summed E-state index contributed by atoms with van der Waals surface area (Å²) in [6, 6.07) is 15.4. The lowest BCUT2D eigenvalue weighted by Gasteiger charge is -2.26. The Morgan fingerprint density at radius 3 is 2.40 bits per heavy atom. The number of hydrogen-bond donors (Lipinski definition) is 2. The zero-order valence-corrected chi connectivity index (χ0v) is 18.4. The molecule has 3 rings (SSSR count). The molecule has 1 fully saturated rings. The highest BCUT2D eigenvalue weighted by Crippen LogP contribution is 2.13. The number of aryl methyl sites for hydroxylation is 1. The van der Waals surface area contributed by atoms with E-state index in [1.807, 2.05) is 24.3 Å². The van der Waals surface area contributed by atoms with Crippen molar-refractivity contribution in [2.24, 2.45) is 0 Å². The summed E-state index contributed by atoms with van der Waals surface area (Å²) in [5.41, 5.74) is 2.76. The summed E-state index contributed by atoms with van der Waals surface area (Å²) in [5, 5.41) is 5.64. The molecule has 7 heteroatoms. The van der Waals surface area contributed by atoms with Crippen LogP contribution in [0, 0.1) is 0 Å². The Balaban J connectivity index is 1.36. The monoisotopic (exact) mass is 471 g/mol. The first-order chi connectivity index (χ1) is 14.5. The Kier molecular flexibility index (Phi) is 8.02. The smallest absolute Gasteiger partial charge is 0.254 e. The van der Waals surface area contributed by atoms with E-state index in [-0.39, 0.29) is 24.3 Å². The van der Waals surface area contributed by atoms with Crippen molar-refractivity contribution in [2.75, 3.05) is 19.6 Å². The summed E-state index contributed by atoms with van der Waals surface area (Å²) in [6.07, 6.45) is 3.29. The zero-order chi connectivity index (χ0) is 21.3. The van der Waals surface area contributed by atoms with E-state index in [1.165, 1.54) is 5.56 Å². The summed E-state index contributed by atoms with van der Waals surface area (Å²) in [4.78, 5) is 37.5. The van der Waals surface area contributed by atoms with Crippen molar-refractivity contribution in [3.63, 3.8) is 0 Å². The molecule has 0 saturated carbocycles. The van der Waals surface area contributed by atoms with Crippen molar-refractivity contribution < 1.29 is 14.4 Å². The fourth-order valence-electron chi connectivity index (χ4n) is 3.31. The van der Waals surface area contributed by atoms with Crippen molar-refractivity contribution in [1.29, 1.82) is 0 Å². The van der Waals surface area contributed by atoms with Crippen LogP contribution >= 0.6 is 15.9 Å². The van der Waals surface area contributed by atoms with Crippen LogP contribution in [0.15, 0.2) is 53.0 Å². The van der Waals surface area contributed by atoms with Crippen molar-refractivity contribution >= 4 is 33.7 Å². The fourth-order valence-corrected chi connectivity index (χ4v) is 3.58. The number of halogens is 1. The molecule has 1 saturated heterocycles. The normalized spacial score (nSPS) is 13.6. The highest BCUT2D eigenvalue weighted by molar-refractivity contribution is 9.10. The molecule has 0 unspecified atom stereocenters. The van der Waals surface area contributed by atoms with Gasteiger partial charge in [0.05, 0.1) is 6.54 Å². The maximum atomic E-state index is 12.5. The van der Waals surface area contributed by atoms with Gasteiger partial charge in [0.2, 0.25) is 11.8 Å². The molecule has 6 nitrogen and oxygen atoms in total. The van der Waals surface area contributed by atoms with Crippen LogP contribution in [0.4, 0.5) is 0 Å². The van der Waals surface area contributed by atoms with E-state index >= 15 is 0 Å². The van der Waals surface area contributed by atoms with Crippen molar-refractivity contribution in [1.82, 2.24) is 15.5 Å². The second-order valence-corrected chi connectivity index (χ2v) is 8.30. The second kappa shape index (κ2) is 10.9. The lowest BCUT2D eigenvalue weighted by atomic mass is 10.1. The van der Waals surface area contributed by atoms with E-state index in [2.05, 4.69) is 38.7 Å². The van der Waals surface area contributed by atoms with Crippen LogP contribution in [0.5, 0.6) is 0 Å². The number of unbranched alkanes of at least 4 members (excludes halogenated alkanes) is 1. The predicted molar refractivity (Wildman–Crippen MR) is 119 cm³/mol. The van der Waals surface area contributed by atoms with Crippen molar-refractivity contribution in [3.8, 4) is 0 Å². The van der Waals surface area contributed by atoms with E-state index in [4.69, 9.17) is 0 Å². The Hall–Kier alpha value is -2.67. The Labute approximate surface area is 185 Å². The van der Waals surface area contributed by atoms with Crippen LogP contribution < -0.4 is 10.6 Å². The number of carbonyl (C=O) groups is 3. The largest absolute Gasteiger partial charge is 0.353 e. The zero-order valence-electron chi connectivity index (χ0n) is 16.8. The third-order valence-electron chi connectivity index (χ3n) is 5.05. The number of amides is 3. The van der Waals surface area contributed by atoms with Crippen molar-refractivity contribution in [2.45, 2.75) is 32.2 Å². The van der Waals surface area contributed by atoms with E-state index in [0.29, 0.717) is 31.6 Å². The van der Waals surface area contributed by atoms with Gasteiger partial charge in [-0.3, -0.25) is 14.4 Å². The van der Waals surface area contributed by atoms with Gasteiger partial charge in [0.15, 0.2) is 0 Å². The maximum Gasteiger partial charge on any atom is 0.254 e. The topological polar surface area (TPSA) is 78.5 Å². The maximum absolute atomic E-state index is 12.5. The van der Waals surface area contributed by atoms with Gasteiger partial charge in [-0.25, -0.2) is 0 Å². The highest BCUT2D eigenvalue weighted by Gasteiger charge is 2.22. The Morgan fingerprint density at radius 1 is 1.00 bits per heavy atom. The Morgan fingerprint density at radius 2 is 1.70 bits per heavy atom. The molecule has 1 aliphatic heterocycles. The highest BCUT2D eigenvalue weighted by atomic mass is 79.9.